The maximum absolute atomic E-state index is 10.2. The molecule has 0 aromatic heterocycles. The molecule has 18 heavy (non-hydrogen) atoms. The van der Waals surface area contributed by atoms with E-state index in [9.17, 15) is 5.11 Å². The molecule has 0 heterocycles. The Labute approximate surface area is 115 Å². The minimum Gasteiger partial charge on any atom is -0.388 e. The summed E-state index contributed by atoms with van der Waals surface area (Å²) in [5, 5.41) is 13.9. The molecule has 2 N–H and O–H groups in total. The number of hydrogen-bond donors (Lipinski definition) is 2. The van der Waals surface area contributed by atoms with Crippen LogP contribution in [0.1, 0.15) is 39.0 Å². The molecule has 3 saturated carbocycles. The van der Waals surface area contributed by atoms with Crippen molar-refractivity contribution in [2.24, 2.45) is 23.7 Å². The number of nitrogens with one attached hydrogen (secondary N) is 1. The van der Waals surface area contributed by atoms with Gasteiger partial charge < -0.3 is 10.4 Å². The predicted octanol–water partition coefficient (Wildman–Crippen LogP) is 2.51. The van der Waals surface area contributed by atoms with Crippen LogP contribution in [0, 0.1) is 23.7 Å². The second-order valence-electron chi connectivity index (χ2n) is 7.07. The van der Waals surface area contributed by atoms with Gasteiger partial charge in [0.1, 0.15) is 0 Å². The van der Waals surface area contributed by atoms with Crippen LogP contribution in [0.4, 0.5) is 0 Å². The highest BCUT2D eigenvalue weighted by atomic mass is 32.2. The van der Waals surface area contributed by atoms with E-state index in [0.717, 1.165) is 36.0 Å². The van der Waals surface area contributed by atoms with Crippen molar-refractivity contribution < 1.29 is 5.11 Å². The van der Waals surface area contributed by atoms with Gasteiger partial charge in [0, 0.05) is 18.3 Å². The van der Waals surface area contributed by atoms with Crippen LogP contribution in [0.5, 0.6) is 0 Å². The van der Waals surface area contributed by atoms with E-state index in [1.54, 1.807) is 11.8 Å². The van der Waals surface area contributed by atoms with Gasteiger partial charge in [0.2, 0.25) is 0 Å². The molecule has 0 aliphatic heterocycles. The molecule has 2 nitrogen and oxygen atoms in total. The summed E-state index contributed by atoms with van der Waals surface area (Å²) in [5.74, 6) is 4.84. The summed E-state index contributed by atoms with van der Waals surface area (Å²) >= 11 is 1.73. The molecule has 0 radical (unpaired) electrons. The Bertz CT molecular complexity index is 307. The van der Waals surface area contributed by atoms with Crippen LogP contribution in [0.2, 0.25) is 0 Å². The fourth-order valence-electron chi connectivity index (χ4n) is 5.02. The topological polar surface area (TPSA) is 32.3 Å². The molecular formula is C15H27NOS. The Balaban J connectivity index is 1.53. The zero-order valence-electron chi connectivity index (χ0n) is 11.7. The van der Waals surface area contributed by atoms with E-state index < -0.39 is 5.60 Å². The van der Waals surface area contributed by atoms with Gasteiger partial charge in [-0.1, -0.05) is 6.42 Å². The molecule has 3 aliphatic rings. The third kappa shape index (κ3) is 2.34. The summed E-state index contributed by atoms with van der Waals surface area (Å²) in [6, 6.07) is 0.697. The van der Waals surface area contributed by atoms with Gasteiger partial charge in [-0.05, 0) is 62.5 Å². The molecule has 104 valence electrons. The summed E-state index contributed by atoms with van der Waals surface area (Å²) in [5.41, 5.74) is -0.545. The van der Waals surface area contributed by atoms with E-state index in [0.29, 0.717) is 6.04 Å². The van der Waals surface area contributed by atoms with E-state index in [-0.39, 0.29) is 0 Å². The summed E-state index contributed by atoms with van der Waals surface area (Å²) in [7, 11) is 0. The van der Waals surface area contributed by atoms with Crippen LogP contribution in [-0.4, -0.2) is 35.3 Å². The molecule has 0 saturated heterocycles. The first kappa shape index (κ1) is 13.3. The van der Waals surface area contributed by atoms with Crippen molar-refractivity contribution in [1.29, 1.82) is 0 Å². The number of aliphatic hydroxyl groups is 1. The van der Waals surface area contributed by atoms with E-state index in [1.165, 1.54) is 32.1 Å². The highest BCUT2D eigenvalue weighted by Crippen LogP contribution is 2.58. The van der Waals surface area contributed by atoms with Crippen molar-refractivity contribution >= 4 is 11.8 Å². The highest BCUT2D eigenvalue weighted by molar-refractivity contribution is 7.98. The van der Waals surface area contributed by atoms with Gasteiger partial charge in [-0.2, -0.15) is 11.8 Å². The van der Waals surface area contributed by atoms with E-state index in [2.05, 4.69) is 11.6 Å². The van der Waals surface area contributed by atoms with E-state index in [4.69, 9.17) is 0 Å². The minimum absolute atomic E-state index is 0.545. The molecule has 3 rings (SSSR count). The quantitative estimate of drug-likeness (QED) is 0.804. The minimum atomic E-state index is -0.545. The zero-order valence-corrected chi connectivity index (χ0v) is 12.5. The molecule has 3 heteroatoms. The number of thioether (sulfide) groups is 1. The van der Waals surface area contributed by atoms with Crippen molar-refractivity contribution in [2.75, 3.05) is 18.6 Å². The highest BCUT2D eigenvalue weighted by Gasteiger charge is 2.53. The van der Waals surface area contributed by atoms with Gasteiger partial charge in [0.05, 0.1) is 5.60 Å². The molecule has 0 aromatic rings. The Morgan fingerprint density at radius 2 is 2.00 bits per heavy atom. The normalized spacial score (nSPS) is 45.2. The fraction of sp³-hybridized carbons (Fsp3) is 1.00. The Morgan fingerprint density at radius 1 is 1.22 bits per heavy atom. The van der Waals surface area contributed by atoms with Gasteiger partial charge in [-0.3, -0.25) is 0 Å². The van der Waals surface area contributed by atoms with Crippen molar-refractivity contribution in [2.45, 2.75) is 50.7 Å². The van der Waals surface area contributed by atoms with Crippen molar-refractivity contribution in [3.8, 4) is 0 Å². The standard InChI is InChI=1S/C15H27NOS/c1-15(17,9-18-2)8-16-14-7-10-6-13(14)12-5-3-4-11(10)12/h10-14,16-17H,3-9H2,1-2H3. The molecule has 3 aliphatic carbocycles. The van der Waals surface area contributed by atoms with Crippen molar-refractivity contribution in [1.82, 2.24) is 5.32 Å². The summed E-state index contributed by atoms with van der Waals surface area (Å²) in [6.45, 7) is 2.72. The molecule has 2 bridgehead atoms. The third-order valence-corrected chi connectivity index (χ3v) is 6.54. The molecular weight excluding hydrogens is 242 g/mol. The molecule has 0 amide bonds. The van der Waals surface area contributed by atoms with Crippen LogP contribution >= 0.6 is 11.8 Å². The van der Waals surface area contributed by atoms with Crippen molar-refractivity contribution in [3.63, 3.8) is 0 Å². The molecule has 0 aromatic carbocycles. The van der Waals surface area contributed by atoms with E-state index >= 15 is 0 Å². The number of hydrogen-bond acceptors (Lipinski definition) is 3. The average Bonchev–Trinajstić information content (AvgIpc) is 2.98. The zero-order chi connectivity index (χ0) is 12.8. The molecule has 3 fully saturated rings. The molecule has 6 unspecified atom stereocenters. The smallest absolute Gasteiger partial charge is 0.0833 e. The van der Waals surface area contributed by atoms with Gasteiger partial charge >= 0.3 is 0 Å². The SMILES string of the molecule is CSCC(C)(O)CNC1CC2CC1C1CCCC21. The lowest BCUT2D eigenvalue weighted by Gasteiger charge is -2.34. The van der Waals surface area contributed by atoms with Crippen LogP contribution in [0.3, 0.4) is 0 Å². The van der Waals surface area contributed by atoms with Crippen LogP contribution < -0.4 is 5.32 Å². The lowest BCUT2D eigenvalue weighted by molar-refractivity contribution is 0.0744. The fourth-order valence-corrected chi connectivity index (χ4v) is 5.74. The van der Waals surface area contributed by atoms with Crippen LogP contribution in [0.15, 0.2) is 0 Å². The lowest BCUT2D eigenvalue weighted by atomic mass is 9.79. The number of fused-ring (bicyclic) bond motifs is 5. The predicted molar refractivity (Wildman–Crippen MR) is 77.8 cm³/mol. The Kier molecular flexibility index (Phi) is 3.68. The first-order chi connectivity index (χ1) is 8.61. The second kappa shape index (κ2) is 4.99. The third-order valence-electron chi connectivity index (χ3n) is 5.63. The Morgan fingerprint density at radius 3 is 2.78 bits per heavy atom. The molecule has 6 atom stereocenters. The molecule has 0 spiro atoms. The summed E-state index contributed by atoms with van der Waals surface area (Å²) in [4.78, 5) is 0. The second-order valence-corrected chi connectivity index (χ2v) is 7.94. The van der Waals surface area contributed by atoms with Crippen molar-refractivity contribution in [3.05, 3.63) is 0 Å². The average molecular weight is 269 g/mol. The lowest BCUT2D eigenvalue weighted by Crippen LogP contribution is -2.47. The summed E-state index contributed by atoms with van der Waals surface area (Å²) in [6.07, 6.45) is 9.36. The maximum atomic E-state index is 10.2. The number of rotatable bonds is 5. The van der Waals surface area contributed by atoms with Crippen LogP contribution in [0.25, 0.3) is 0 Å². The van der Waals surface area contributed by atoms with Gasteiger partial charge in [-0.15, -0.1) is 0 Å². The van der Waals surface area contributed by atoms with Gasteiger partial charge in [-0.25, -0.2) is 0 Å². The summed E-state index contributed by atoms with van der Waals surface area (Å²) < 4.78 is 0. The monoisotopic (exact) mass is 269 g/mol. The van der Waals surface area contributed by atoms with E-state index in [1.807, 2.05) is 6.92 Å². The van der Waals surface area contributed by atoms with Gasteiger partial charge in [0.15, 0.2) is 0 Å². The largest absolute Gasteiger partial charge is 0.388 e. The first-order valence-electron chi connectivity index (χ1n) is 7.55. The van der Waals surface area contributed by atoms with Crippen LogP contribution in [-0.2, 0) is 0 Å². The van der Waals surface area contributed by atoms with Gasteiger partial charge in [0.25, 0.3) is 0 Å². The maximum Gasteiger partial charge on any atom is 0.0833 e. The Hall–Kier alpha value is 0.270. The first-order valence-corrected chi connectivity index (χ1v) is 8.95.